The molecule has 0 aromatic heterocycles. The summed E-state index contributed by atoms with van der Waals surface area (Å²) in [6.07, 6.45) is 3.28. The van der Waals surface area contributed by atoms with Crippen LogP contribution in [-0.4, -0.2) is 49.4 Å². The van der Waals surface area contributed by atoms with Gasteiger partial charge in [-0.2, -0.15) is 25.3 Å². The Morgan fingerprint density at radius 1 is 1.07 bits per heavy atom. The standard InChI is InChI=1S/C4H6O4S2.C2H6OS/c5-3(6)1(9)2(10)4(7)8;1-4(2)3/h1-2,9-10H,(H,5,6)(H,7,8);1-2H3. The van der Waals surface area contributed by atoms with Gasteiger partial charge in [0.05, 0.1) is 0 Å². The van der Waals surface area contributed by atoms with Crippen molar-refractivity contribution in [2.24, 2.45) is 0 Å². The second-order valence-corrected chi connectivity index (χ2v) is 4.90. The fourth-order valence-electron chi connectivity index (χ4n) is 0.270. The summed E-state index contributed by atoms with van der Waals surface area (Å²) in [7, 11) is -0.611. The average Bonchev–Trinajstić information content (AvgIpc) is 2.00. The molecule has 2 unspecified atom stereocenters. The van der Waals surface area contributed by atoms with Crippen LogP contribution < -0.4 is 0 Å². The van der Waals surface area contributed by atoms with Crippen molar-refractivity contribution in [3.05, 3.63) is 0 Å². The van der Waals surface area contributed by atoms with Crippen molar-refractivity contribution in [3.8, 4) is 0 Å². The lowest BCUT2D eigenvalue weighted by molar-refractivity contribution is -0.142. The number of hydrogen-bond acceptors (Lipinski definition) is 5. The Hall–Kier alpha value is -0.210. The predicted molar refractivity (Wildman–Crippen MR) is 60.8 cm³/mol. The Labute approximate surface area is 95.2 Å². The lowest BCUT2D eigenvalue weighted by atomic mass is 10.3. The molecule has 0 saturated carbocycles. The monoisotopic (exact) mass is 260 g/mol. The number of hydrogen-bond donors (Lipinski definition) is 4. The van der Waals surface area contributed by atoms with E-state index in [0.717, 1.165) is 0 Å². The Balaban J connectivity index is 0. The lowest BCUT2D eigenvalue weighted by Crippen LogP contribution is -2.31. The molecule has 0 radical (unpaired) electrons. The maximum atomic E-state index is 10.1. The van der Waals surface area contributed by atoms with Crippen molar-refractivity contribution >= 4 is 48.0 Å². The maximum Gasteiger partial charge on any atom is 0.318 e. The fraction of sp³-hybridized carbons (Fsp3) is 0.667. The van der Waals surface area contributed by atoms with Crippen LogP contribution >= 0.6 is 25.3 Å². The average molecular weight is 260 g/mol. The van der Waals surface area contributed by atoms with Gasteiger partial charge < -0.3 is 10.2 Å². The molecule has 14 heavy (non-hydrogen) atoms. The molecule has 0 saturated heterocycles. The molecule has 5 nitrogen and oxygen atoms in total. The van der Waals surface area contributed by atoms with E-state index in [9.17, 15) is 13.8 Å². The van der Waals surface area contributed by atoms with Crippen LogP contribution in [0.2, 0.25) is 0 Å². The van der Waals surface area contributed by atoms with Crippen molar-refractivity contribution in [2.75, 3.05) is 12.5 Å². The fourth-order valence-corrected chi connectivity index (χ4v) is 0.525. The molecular formula is C6H12O5S3. The van der Waals surface area contributed by atoms with E-state index < -0.39 is 33.2 Å². The number of rotatable bonds is 3. The summed E-state index contributed by atoms with van der Waals surface area (Å²) < 4.78 is 9.56. The van der Waals surface area contributed by atoms with Crippen LogP contribution in [0.5, 0.6) is 0 Å². The first-order valence-electron chi connectivity index (χ1n) is 3.27. The SMILES string of the molecule is CS(C)=O.O=C(O)C(S)C(S)C(=O)O. The highest BCUT2D eigenvalue weighted by molar-refractivity contribution is 7.86. The lowest BCUT2D eigenvalue weighted by Gasteiger charge is -2.07. The molecular weight excluding hydrogens is 248 g/mol. The molecule has 0 heterocycles. The summed E-state index contributed by atoms with van der Waals surface area (Å²) >= 11 is 7.00. The first-order chi connectivity index (χ1) is 6.20. The highest BCUT2D eigenvalue weighted by Gasteiger charge is 2.26. The van der Waals surface area contributed by atoms with Crippen LogP contribution in [0.1, 0.15) is 0 Å². The number of aliphatic carboxylic acids is 2. The quantitative estimate of drug-likeness (QED) is 0.525. The van der Waals surface area contributed by atoms with Crippen molar-refractivity contribution in [2.45, 2.75) is 10.5 Å². The maximum absolute atomic E-state index is 10.1. The summed E-state index contributed by atoms with van der Waals surface area (Å²) in [5, 5.41) is 13.9. The Bertz CT molecular complexity index is 208. The molecule has 0 aromatic carbocycles. The zero-order chi connectivity index (χ0) is 11.9. The summed E-state index contributed by atoms with van der Waals surface area (Å²) in [5.74, 6) is -2.57. The molecule has 2 atom stereocenters. The highest BCUT2D eigenvalue weighted by Crippen LogP contribution is 2.08. The van der Waals surface area contributed by atoms with Gasteiger partial charge in [0.1, 0.15) is 10.5 Å². The molecule has 2 N–H and O–H groups in total. The molecule has 0 aliphatic heterocycles. The van der Waals surface area contributed by atoms with Crippen LogP contribution in [0.3, 0.4) is 0 Å². The van der Waals surface area contributed by atoms with Gasteiger partial charge in [-0.15, -0.1) is 0 Å². The minimum atomic E-state index is -1.29. The summed E-state index contributed by atoms with van der Waals surface area (Å²) in [6, 6.07) is 0. The number of carboxylic acid groups (broad SMARTS) is 2. The summed E-state index contributed by atoms with van der Waals surface area (Å²) in [4.78, 5) is 20.1. The molecule has 0 fully saturated rings. The first-order valence-corrected chi connectivity index (χ1v) is 6.26. The normalized spacial score (nSPS) is 13.8. The highest BCUT2D eigenvalue weighted by atomic mass is 32.2. The largest absolute Gasteiger partial charge is 0.480 e. The topological polar surface area (TPSA) is 91.7 Å². The van der Waals surface area contributed by atoms with E-state index in [-0.39, 0.29) is 0 Å². The predicted octanol–water partition coefficient (Wildman–Crippen LogP) is -0.253. The zero-order valence-electron chi connectivity index (χ0n) is 7.58. The number of thiol groups is 2. The van der Waals surface area contributed by atoms with Crippen LogP contribution in [-0.2, 0) is 20.4 Å². The van der Waals surface area contributed by atoms with Gasteiger partial charge in [0, 0.05) is 23.3 Å². The van der Waals surface area contributed by atoms with E-state index in [2.05, 4.69) is 25.3 Å². The van der Waals surface area contributed by atoms with Crippen molar-refractivity contribution in [1.29, 1.82) is 0 Å². The zero-order valence-corrected chi connectivity index (χ0v) is 10.2. The van der Waals surface area contributed by atoms with E-state index in [1.165, 1.54) is 0 Å². The third-order valence-corrected chi connectivity index (χ3v) is 2.08. The first kappa shape index (κ1) is 16.2. The molecule has 0 spiro atoms. The molecule has 0 aromatic rings. The molecule has 0 bridgehead atoms. The number of carbonyl (C=O) groups is 2. The van der Waals surface area contributed by atoms with Gasteiger partial charge in [-0.25, -0.2) is 0 Å². The molecule has 0 aliphatic carbocycles. The molecule has 0 amide bonds. The van der Waals surface area contributed by atoms with E-state index in [1.807, 2.05) is 0 Å². The minimum absolute atomic E-state index is 0.611. The third kappa shape index (κ3) is 9.87. The van der Waals surface area contributed by atoms with Crippen molar-refractivity contribution in [1.82, 2.24) is 0 Å². The van der Waals surface area contributed by atoms with Gasteiger partial charge in [0.15, 0.2) is 0 Å². The Morgan fingerprint density at radius 2 is 1.21 bits per heavy atom. The van der Waals surface area contributed by atoms with Crippen LogP contribution in [0.25, 0.3) is 0 Å². The van der Waals surface area contributed by atoms with Gasteiger partial charge in [0.25, 0.3) is 0 Å². The van der Waals surface area contributed by atoms with Crippen molar-refractivity contribution in [3.63, 3.8) is 0 Å². The second kappa shape index (κ2) is 8.13. The van der Waals surface area contributed by atoms with Crippen LogP contribution in [0.15, 0.2) is 0 Å². The van der Waals surface area contributed by atoms with Gasteiger partial charge in [-0.1, -0.05) is 0 Å². The van der Waals surface area contributed by atoms with Gasteiger partial charge in [-0.05, 0) is 0 Å². The van der Waals surface area contributed by atoms with Gasteiger partial charge >= 0.3 is 11.9 Å². The van der Waals surface area contributed by atoms with Gasteiger partial charge in [0.2, 0.25) is 0 Å². The van der Waals surface area contributed by atoms with E-state index in [0.29, 0.717) is 0 Å². The second-order valence-electron chi connectivity index (χ2n) is 2.31. The molecule has 0 aliphatic rings. The molecule has 0 rings (SSSR count). The molecule has 84 valence electrons. The number of carboxylic acids is 2. The van der Waals surface area contributed by atoms with E-state index >= 15 is 0 Å². The molecule has 8 heteroatoms. The minimum Gasteiger partial charge on any atom is -0.480 e. The van der Waals surface area contributed by atoms with E-state index in [1.54, 1.807) is 12.5 Å². The third-order valence-electron chi connectivity index (χ3n) is 0.805. The summed E-state index contributed by atoms with van der Waals surface area (Å²) in [6.45, 7) is 0. The van der Waals surface area contributed by atoms with Crippen LogP contribution in [0.4, 0.5) is 0 Å². The summed E-state index contributed by atoms with van der Waals surface area (Å²) in [5.41, 5.74) is 0. The smallest absolute Gasteiger partial charge is 0.318 e. The van der Waals surface area contributed by atoms with E-state index in [4.69, 9.17) is 10.2 Å². The Kier molecular flexibility index (Phi) is 9.42. The van der Waals surface area contributed by atoms with Gasteiger partial charge in [-0.3, -0.25) is 13.8 Å². The Morgan fingerprint density at radius 3 is 1.29 bits per heavy atom. The van der Waals surface area contributed by atoms with Crippen molar-refractivity contribution < 1.29 is 24.0 Å². The van der Waals surface area contributed by atoms with Crippen LogP contribution in [0, 0.1) is 0 Å².